The number of piperazine rings is 1. The standard InChI is InChI=1S/C28H38N8O/c1-3-35-12-14-36(15-13-35)28-30-18-24-26(34-28)25(17-29-19-31-24)33-23-16-21(9-7-8-20(23)2)27(37)32-22-10-5-4-6-11-22/h8-9,16,18-19,22H,3-7,10-15,17H2,1-2H3,(H,29,31)(H,32,37). The number of anilines is 2. The highest BCUT2D eigenvalue weighted by Crippen LogP contribution is 2.25. The summed E-state index contributed by atoms with van der Waals surface area (Å²) in [5, 5.41) is 6.45. The molecule has 5 rings (SSSR count). The van der Waals surface area contributed by atoms with E-state index in [1.54, 1.807) is 6.34 Å². The quantitative estimate of drug-likeness (QED) is 0.640. The van der Waals surface area contributed by atoms with E-state index >= 15 is 0 Å². The number of allylic oxidation sites excluding steroid dienone is 3. The van der Waals surface area contributed by atoms with Crippen molar-refractivity contribution in [1.29, 1.82) is 0 Å². The first kappa shape index (κ1) is 25.3. The molecule has 1 amide bonds. The van der Waals surface area contributed by atoms with Crippen LogP contribution >= 0.6 is 0 Å². The van der Waals surface area contributed by atoms with E-state index in [1.807, 2.05) is 25.3 Å². The highest BCUT2D eigenvalue weighted by Gasteiger charge is 2.23. The Bertz CT molecular complexity index is 1150. The van der Waals surface area contributed by atoms with Crippen molar-refractivity contribution in [1.82, 2.24) is 20.2 Å². The molecule has 1 aromatic rings. The lowest BCUT2D eigenvalue weighted by Gasteiger charge is -2.34. The van der Waals surface area contributed by atoms with Gasteiger partial charge in [0.1, 0.15) is 5.69 Å². The Morgan fingerprint density at radius 3 is 2.76 bits per heavy atom. The van der Waals surface area contributed by atoms with E-state index in [2.05, 4.69) is 43.4 Å². The van der Waals surface area contributed by atoms with Crippen LogP contribution in [0.1, 0.15) is 58.1 Å². The van der Waals surface area contributed by atoms with Gasteiger partial charge in [-0.1, -0.05) is 38.3 Å². The van der Waals surface area contributed by atoms with Gasteiger partial charge in [0.2, 0.25) is 5.95 Å². The lowest BCUT2D eigenvalue weighted by Crippen LogP contribution is -2.46. The molecule has 0 radical (unpaired) electrons. The fourth-order valence-corrected chi connectivity index (χ4v) is 5.25. The van der Waals surface area contributed by atoms with Gasteiger partial charge in [-0.2, -0.15) is 0 Å². The monoisotopic (exact) mass is 502 g/mol. The van der Waals surface area contributed by atoms with E-state index in [4.69, 9.17) is 9.98 Å². The molecule has 9 nitrogen and oxygen atoms in total. The Labute approximate surface area is 219 Å². The average Bonchev–Trinajstić information content (AvgIpc) is 3.25. The Hall–Kier alpha value is -3.33. The van der Waals surface area contributed by atoms with Crippen molar-refractivity contribution in [2.24, 2.45) is 9.98 Å². The van der Waals surface area contributed by atoms with Gasteiger partial charge < -0.3 is 20.4 Å². The van der Waals surface area contributed by atoms with Crippen molar-refractivity contribution < 1.29 is 4.79 Å². The van der Waals surface area contributed by atoms with Gasteiger partial charge >= 0.3 is 0 Å². The first-order chi connectivity index (χ1) is 18.1. The molecule has 0 unspecified atom stereocenters. The minimum Gasteiger partial charge on any atom is -0.349 e. The highest BCUT2D eigenvalue weighted by molar-refractivity contribution is 6.08. The first-order valence-electron chi connectivity index (χ1n) is 13.7. The molecule has 9 heteroatoms. The summed E-state index contributed by atoms with van der Waals surface area (Å²) in [7, 11) is 0. The summed E-state index contributed by atoms with van der Waals surface area (Å²) in [4.78, 5) is 36.9. The van der Waals surface area contributed by atoms with E-state index in [1.165, 1.54) is 19.3 Å². The predicted octanol–water partition coefficient (Wildman–Crippen LogP) is 3.47. The summed E-state index contributed by atoms with van der Waals surface area (Å²) in [6.07, 6.45) is 16.0. The van der Waals surface area contributed by atoms with Gasteiger partial charge in [-0.15, -0.1) is 0 Å². The van der Waals surface area contributed by atoms with Crippen LogP contribution in [-0.2, 0) is 4.79 Å². The van der Waals surface area contributed by atoms with Crippen LogP contribution in [0.5, 0.6) is 0 Å². The molecule has 37 heavy (non-hydrogen) atoms. The normalized spacial score (nSPS) is 22.3. The van der Waals surface area contributed by atoms with Gasteiger partial charge in [0.25, 0.3) is 5.91 Å². The van der Waals surface area contributed by atoms with Crippen LogP contribution in [0.2, 0.25) is 0 Å². The smallest absolute Gasteiger partial charge is 0.251 e. The summed E-state index contributed by atoms with van der Waals surface area (Å²) in [5.74, 6) is 0.713. The first-order valence-corrected chi connectivity index (χ1v) is 13.7. The largest absolute Gasteiger partial charge is 0.349 e. The van der Waals surface area contributed by atoms with Gasteiger partial charge in [-0.05, 0) is 44.4 Å². The third-order valence-corrected chi connectivity index (χ3v) is 7.62. The zero-order chi connectivity index (χ0) is 25.6. The van der Waals surface area contributed by atoms with Gasteiger partial charge in [0, 0.05) is 37.8 Å². The Balaban J connectivity index is 1.41. The maximum Gasteiger partial charge on any atom is 0.251 e. The summed E-state index contributed by atoms with van der Waals surface area (Å²) in [5.41, 5.74) is 4.80. The van der Waals surface area contributed by atoms with Gasteiger partial charge in [-0.25, -0.2) is 15.0 Å². The minimum atomic E-state index is -0.00973. The number of aromatic nitrogens is 2. The van der Waals surface area contributed by atoms with Crippen molar-refractivity contribution in [3.63, 3.8) is 0 Å². The molecule has 2 fully saturated rings. The molecule has 196 valence electrons. The van der Waals surface area contributed by atoms with Crippen LogP contribution in [-0.4, -0.2) is 78.1 Å². The van der Waals surface area contributed by atoms with Crippen LogP contribution in [0.3, 0.4) is 0 Å². The number of carbonyl (C=O) groups excluding carboxylic acids is 1. The molecule has 2 aliphatic carbocycles. The van der Waals surface area contributed by atoms with Crippen LogP contribution in [0, 0.1) is 0 Å². The molecule has 1 aromatic heterocycles. The number of hydrogen-bond acceptors (Lipinski definition) is 8. The van der Waals surface area contributed by atoms with E-state index in [9.17, 15) is 4.79 Å². The SMILES string of the molecule is CCN1CCN(c2ncc3c(n2)C(=NC2=CC(C(=O)NC4CCCCC4)=CCC=C2C)CN=CN3)CC1. The number of aliphatic imine (C=N–C) groups is 2. The summed E-state index contributed by atoms with van der Waals surface area (Å²) in [6, 6.07) is 0.270. The third-order valence-electron chi connectivity index (χ3n) is 7.62. The van der Waals surface area contributed by atoms with Crippen molar-refractivity contribution >= 4 is 29.6 Å². The summed E-state index contributed by atoms with van der Waals surface area (Å²) in [6.45, 7) is 9.53. The Morgan fingerprint density at radius 1 is 1.16 bits per heavy atom. The highest BCUT2D eigenvalue weighted by atomic mass is 16.1. The van der Waals surface area contributed by atoms with Crippen LogP contribution in [0.25, 0.3) is 0 Å². The molecule has 0 spiro atoms. The fraction of sp³-hybridized carbons (Fsp3) is 0.536. The number of carbonyl (C=O) groups is 1. The van der Waals surface area contributed by atoms with Crippen molar-refractivity contribution in [3.8, 4) is 0 Å². The fourth-order valence-electron chi connectivity index (χ4n) is 5.25. The molecule has 0 aromatic carbocycles. The van der Waals surface area contributed by atoms with Gasteiger partial charge in [-0.3, -0.25) is 9.79 Å². The maximum atomic E-state index is 13.1. The zero-order valence-electron chi connectivity index (χ0n) is 22.0. The average molecular weight is 503 g/mol. The Kier molecular flexibility index (Phi) is 8.08. The van der Waals surface area contributed by atoms with Gasteiger partial charge in [0.05, 0.1) is 36.2 Å². The molecule has 3 heterocycles. The molecule has 2 N–H and O–H groups in total. The second kappa shape index (κ2) is 11.8. The molecule has 1 saturated carbocycles. The van der Waals surface area contributed by atoms with Crippen molar-refractivity contribution in [3.05, 3.63) is 47.0 Å². The summed E-state index contributed by atoms with van der Waals surface area (Å²) >= 11 is 0. The van der Waals surface area contributed by atoms with Crippen molar-refractivity contribution in [2.75, 3.05) is 49.5 Å². The molecular formula is C28H38N8O. The van der Waals surface area contributed by atoms with Crippen LogP contribution in [0.4, 0.5) is 11.6 Å². The molecule has 0 atom stereocenters. The number of amides is 1. The van der Waals surface area contributed by atoms with Crippen molar-refractivity contribution in [2.45, 2.75) is 58.4 Å². The second-order valence-electron chi connectivity index (χ2n) is 10.1. The van der Waals surface area contributed by atoms with E-state index in [-0.39, 0.29) is 11.9 Å². The van der Waals surface area contributed by atoms with E-state index in [0.29, 0.717) is 18.5 Å². The van der Waals surface area contributed by atoms with Gasteiger partial charge in [0.15, 0.2) is 0 Å². The lowest BCUT2D eigenvalue weighted by molar-refractivity contribution is -0.118. The number of nitrogens with one attached hydrogen (secondary N) is 2. The molecular weight excluding hydrogens is 464 g/mol. The number of hydrogen-bond donors (Lipinski definition) is 2. The zero-order valence-corrected chi connectivity index (χ0v) is 22.0. The number of fused-ring (bicyclic) bond motifs is 1. The summed E-state index contributed by atoms with van der Waals surface area (Å²) < 4.78 is 0. The van der Waals surface area contributed by atoms with E-state index in [0.717, 1.165) is 79.9 Å². The Morgan fingerprint density at radius 2 is 1.97 bits per heavy atom. The molecule has 1 saturated heterocycles. The van der Waals surface area contributed by atoms with Crippen LogP contribution in [0.15, 0.2) is 51.3 Å². The lowest BCUT2D eigenvalue weighted by atomic mass is 9.95. The molecule has 0 bridgehead atoms. The second-order valence-corrected chi connectivity index (χ2v) is 10.1. The number of likely N-dealkylation sites (N-methyl/N-ethyl adjacent to an activating group) is 1. The molecule has 2 aliphatic heterocycles. The number of rotatable bonds is 5. The minimum absolute atomic E-state index is 0.00973. The van der Waals surface area contributed by atoms with Crippen LogP contribution < -0.4 is 15.5 Å². The molecule has 4 aliphatic rings. The number of nitrogens with zero attached hydrogens (tertiary/aromatic N) is 6. The predicted molar refractivity (Wildman–Crippen MR) is 149 cm³/mol. The topological polar surface area (TPSA) is 98.1 Å². The third kappa shape index (κ3) is 6.15. The van der Waals surface area contributed by atoms with E-state index < -0.39 is 0 Å². The maximum absolute atomic E-state index is 13.1.